The summed E-state index contributed by atoms with van der Waals surface area (Å²) in [5, 5.41) is 0.530. The Hall–Kier alpha value is -2.83. The predicted molar refractivity (Wildman–Crippen MR) is 116 cm³/mol. The van der Waals surface area contributed by atoms with Crippen molar-refractivity contribution in [3.8, 4) is 16.2 Å². The lowest BCUT2D eigenvalue weighted by molar-refractivity contribution is -0.117. The smallest absolute Gasteiger partial charge is 0.268 e. The first-order chi connectivity index (χ1) is 13.9. The van der Waals surface area contributed by atoms with Gasteiger partial charge in [-0.2, -0.15) is 0 Å². The van der Waals surface area contributed by atoms with Gasteiger partial charge in [-0.3, -0.25) is 9.59 Å². The zero-order chi connectivity index (χ0) is 20.5. The van der Waals surface area contributed by atoms with Gasteiger partial charge < -0.3 is 15.4 Å². The monoisotopic (exact) mass is 426 g/mol. The van der Waals surface area contributed by atoms with Crippen molar-refractivity contribution in [2.45, 2.75) is 12.8 Å². The Balaban J connectivity index is 1.69. The Kier molecular flexibility index (Phi) is 5.30. The van der Waals surface area contributed by atoms with Crippen molar-refractivity contribution >= 4 is 40.4 Å². The van der Waals surface area contributed by atoms with Crippen molar-refractivity contribution in [2.24, 2.45) is 5.73 Å². The summed E-state index contributed by atoms with van der Waals surface area (Å²) in [6.45, 7) is 0.505. The number of benzene rings is 2. The molecule has 29 heavy (non-hydrogen) atoms. The van der Waals surface area contributed by atoms with Crippen molar-refractivity contribution in [3.05, 3.63) is 69.6 Å². The number of hydrogen-bond acceptors (Lipinski definition) is 4. The van der Waals surface area contributed by atoms with Crippen LogP contribution in [0, 0.1) is 0 Å². The zero-order valence-electron chi connectivity index (χ0n) is 15.8. The minimum absolute atomic E-state index is 0.107. The van der Waals surface area contributed by atoms with Crippen molar-refractivity contribution in [3.63, 3.8) is 0 Å². The molecule has 0 atom stereocenters. The molecule has 2 amide bonds. The number of primary amides is 1. The molecule has 3 aromatic rings. The van der Waals surface area contributed by atoms with E-state index in [0.29, 0.717) is 34.4 Å². The molecule has 0 radical (unpaired) electrons. The Morgan fingerprint density at radius 2 is 2.00 bits per heavy atom. The van der Waals surface area contributed by atoms with Gasteiger partial charge in [-0.25, -0.2) is 0 Å². The van der Waals surface area contributed by atoms with Crippen LogP contribution < -0.4 is 15.4 Å². The van der Waals surface area contributed by atoms with E-state index in [1.54, 1.807) is 18.0 Å². The third kappa shape index (κ3) is 3.86. The van der Waals surface area contributed by atoms with E-state index in [1.807, 2.05) is 42.5 Å². The molecule has 1 aliphatic heterocycles. The highest BCUT2D eigenvalue weighted by atomic mass is 35.5. The summed E-state index contributed by atoms with van der Waals surface area (Å²) in [6.07, 6.45) is 0.870. The molecule has 2 heterocycles. The Labute approximate surface area is 177 Å². The molecule has 0 spiro atoms. The topological polar surface area (TPSA) is 72.6 Å². The van der Waals surface area contributed by atoms with Gasteiger partial charge >= 0.3 is 0 Å². The van der Waals surface area contributed by atoms with Crippen LogP contribution in [-0.2, 0) is 17.6 Å². The standard InChI is InChI=1S/C22H19ClN2O3S/c1-25(17-5-3-2-4-16(17)23)22(27)19-12-14-8-9-28-18-10-13(11-20(24)26)6-7-15(18)21(14)29-19/h2-7,10,12H,8-9,11H2,1H3,(H2,24,26). The number of hydrogen-bond donors (Lipinski definition) is 1. The van der Waals surface area contributed by atoms with E-state index < -0.39 is 0 Å². The van der Waals surface area contributed by atoms with Gasteiger partial charge in [0.25, 0.3) is 5.91 Å². The van der Waals surface area contributed by atoms with E-state index in [9.17, 15) is 9.59 Å². The molecular weight excluding hydrogens is 408 g/mol. The van der Waals surface area contributed by atoms with Gasteiger partial charge in [0, 0.05) is 23.9 Å². The highest BCUT2D eigenvalue weighted by Crippen LogP contribution is 2.41. The fraction of sp³-hybridized carbons (Fsp3) is 0.182. The summed E-state index contributed by atoms with van der Waals surface area (Å²) in [6, 6.07) is 14.9. The van der Waals surface area contributed by atoms with Gasteiger partial charge in [0.05, 0.1) is 28.6 Å². The maximum Gasteiger partial charge on any atom is 0.268 e. The van der Waals surface area contributed by atoms with Crippen LogP contribution in [-0.4, -0.2) is 25.5 Å². The van der Waals surface area contributed by atoms with Crippen molar-refractivity contribution in [1.82, 2.24) is 0 Å². The van der Waals surface area contributed by atoms with Crippen LogP contribution in [0.2, 0.25) is 5.02 Å². The predicted octanol–water partition coefficient (Wildman–Crippen LogP) is 4.31. The fourth-order valence-electron chi connectivity index (χ4n) is 3.40. The molecule has 0 saturated heterocycles. The Morgan fingerprint density at radius 3 is 2.76 bits per heavy atom. The van der Waals surface area contributed by atoms with Crippen LogP contribution in [0.5, 0.6) is 5.75 Å². The molecule has 1 aromatic heterocycles. The van der Waals surface area contributed by atoms with Crippen LogP contribution in [0.4, 0.5) is 5.69 Å². The molecule has 0 saturated carbocycles. The van der Waals surface area contributed by atoms with Crippen LogP contribution in [0.25, 0.3) is 10.4 Å². The second kappa shape index (κ2) is 7.89. The maximum atomic E-state index is 13.1. The molecule has 148 valence electrons. The number of nitrogens with zero attached hydrogens (tertiary/aromatic N) is 1. The molecular formula is C22H19ClN2O3S. The first-order valence-electron chi connectivity index (χ1n) is 9.13. The lowest BCUT2D eigenvalue weighted by Gasteiger charge is -2.17. The highest BCUT2D eigenvalue weighted by molar-refractivity contribution is 7.17. The number of amides is 2. The number of ether oxygens (including phenoxy) is 1. The Bertz CT molecular complexity index is 1110. The van der Waals surface area contributed by atoms with Gasteiger partial charge in [-0.1, -0.05) is 29.8 Å². The highest BCUT2D eigenvalue weighted by Gasteiger charge is 2.24. The third-order valence-corrected chi connectivity index (χ3v) is 6.35. The van der Waals surface area contributed by atoms with Gasteiger partial charge in [0.2, 0.25) is 5.91 Å². The number of carbonyl (C=O) groups excluding carboxylic acids is 2. The van der Waals surface area contributed by atoms with E-state index >= 15 is 0 Å². The summed E-state index contributed by atoms with van der Waals surface area (Å²) in [5.74, 6) is 0.220. The summed E-state index contributed by atoms with van der Waals surface area (Å²) < 4.78 is 5.89. The van der Waals surface area contributed by atoms with Gasteiger partial charge in [0.1, 0.15) is 5.75 Å². The molecule has 2 aromatic carbocycles. The molecule has 4 rings (SSSR count). The van der Waals surface area contributed by atoms with Gasteiger partial charge in [-0.05, 0) is 41.5 Å². The average molecular weight is 427 g/mol. The number of nitrogens with two attached hydrogens (primary N) is 1. The van der Waals surface area contributed by atoms with E-state index in [2.05, 4.69) is 0 Å². The summed E-state index contributed by atoms with van der Waals surface area (Å²) in [4.78, 5) is 27.5. The zero-order valence-corrected chi connectivity index (χ0v) is 17.3. The lowest BCUT2D eigenvalue weighted by atomic mass is 10.0. The summed E-state index contributed by atoms with van der Waals surface area (Å²) >= 11 is 7.69. The Morgan fingerprint density at radius 1 is 1.21 bits per heavy atom. The minimum Gasteiger partial charge on any atom is -0.493 e. The molecule has 7 heteroatoms. The van der Waals surface area contributed by atoms with Crippen molar-refractivity contribution in [2.75, 3.05) is 18.6 Å². The van der Waals surface area contributed by atoms with E-state index in [0.717, 1.165) is 21.6 Å². The first kappa shape index (κ1) is 19.5. The van der Waals surface area contributed by atoms with E-state index in [1.165, 1.54) is 11.3 Å². The number of rotatable bonds is 4. The molecule has 0 bridgehead atoms. The van der Waals surface area contributed by atoms with E-state index in [4.69, 9.17) is 22.1 Å². The molecule has 0 aliphatic carbocycles. The van der Waals surface area contributed by atoms with Crippen LogP contribution >= 0.6 is 22.9 Å². The molecule has 0 unspecified atom stereocenters. The number of fused-ring (bicyclic) bond motifs is 3. The van der Waals surface area contributed by atoms with E-state index in [-0.39, 0.29) is 18.2 Å². The summed E-state index contributed by atoms with van der Waals surface area (Å²) in [5.41, 5.74) is 8.78. The summed E-state index contributed by atoms with van der Waals surface area (Å²) in [7, 11) is 1.72. The quantitative estimate of drug-likeness (QED) is 0.675. The number of carbonyl (C=O) groups is 2. The van der Waals surface area contributed by atoms with Crippen LogP contribution in [0.1, 0.15) is 20.8 Å². The first-order valence-corrected chi connectivity index (χ1v) is 10.3. The van der Waals surface area contributed by atoms with Crippen molar-refractivity contribution < 1.29 is 14.3 Å². The number of anilines is 1. The van der Waals surface area contributed by atoms with Crippen molar-refractivity contribution in [1.29, 1.82) is 0 Å². The normalized spacial score (nSPS) is 12.3. The van der Waals surface area contributed by atoms with Crippen LogP contribution in [0.15, 0.2) is 48.5 Å². The number of thiophene rings is 1. The van der Waals surface area contributed by atoms with Gasteiger partial charge in [0.15, 0.2) is 0 Å². The molecule has 1 aliphatic rings. The largest absolute Gasteiger partial charge is 0.493 e. The maximum absolute atomic E-state index is 13.1. The minimum atomic E-state index is -0.383. The van der Waals surface area contributed by atoms with Gasteiger partial charge in [-0.15, -0.1) is 11.3 Å². The number of halogens is 1. The number of para-hydroxylation sites is 1. The molecule has 2 N–H and O–H groups in total. The average Bonchev–Trinajstić information content (AvgIpc) is 3.03. The fourth-order valence-corrected chi connectivity index (χ4v) is 4.88. The second-order valence-corrected chi connectivity index (χ2v) is 8.31. The molecule has 5 nitrogen and oxygen atoms in total. The third-order valence-electron chi connectivity index (χ3n) is 4.84. The SMILES string of the molecule is CN(C(=O)c1cc2c(s1)-c1ccc(CC(N)=O)cc1OCC2)c1ccccc1Cl. The molecule has 0 fully saturated rings. The second-order valence-electron chi connectivity index (χ2n) is 6.85. The van der Waals surface area contributed by atoms with Crippen LogP contribution in [0.3, 0.4) is 0 Å². The lowest BCUT2D eigenvalue weighted by Crippen LogP contribution is -2.25.